The topological polar surface area (TPSA) is 72.1 Å². The lowest BCUT2D eigenvalue weighted by molar-refractivity contribution is 0.0667. The second-order valence-corrected chi connectivity index (χ2v) is 7.23. The molecule has 2 aromatic heterocycles. The van der Waals surface area contributed by atoms with Gasteiger partial charge >= 0.3 is 0 Å². The number of nitrogens with zero attached hydrogens (tertiary/aromatic N) is 4. The van der Waals surface area contributed by atoms with Crippen LogP contribution in [-0.4, -0.2) is 32.0 Å². The largest absolute Gasteiger partial charge is 0.419 e. The van der Waals surface area contributed by atoms with Crippen molar-refractivity contribution in [3.63, 3.8) is 0 Å². The Kier molecular flexibility index (Phi) is 5.15. The van der Waals surface area contributed by atoms with Crippen LogP contribution in [0, 0.1) is 6.92 Å². The van der Waals surface area contributed by atoms with Crippen LogP contribution < -0.4 is 0 Å². The summed E-state index contributed by atoms with van der Waals surface area (Å²) in [5.41, 5.74) is 1.10. The van der Waals surface area contributed by atoms with Crippen LogP contribution in [0.3, 0.4) is 0 Å². The molecular weight excluding hydrogens is 360 g/mol. The number of carbonyl (C=O) groups is 1. The molecule has 0 N–H and O–H groups in total. The highest BCUT2D eigenvalue weighted by molar-refractivity contribution is 7.09. The zero-order valence-corrected chi connectivity index (χ0v) is 15.6. The number of hydrogen-bond donors (Lipinski definition) is 0. The highest BCUT2D eigenvalue weighted by Crippen LogP contribution is 2.26. The van der Waals surface area contributed by atoms with Crippen LogP contribution >= 0.6 is 22.9 Å². The number of thiazole rings is 1. The van der Waals surface area contributed by atoms with Gasteiger partial charge in [0.25, 0.3) is 5.91 Å². The molecule has 0 unspecified atom stereocenters. The van der Waals surface area contributed by atoms with E-state index in [1.165, 1.54) is 11.3 Å². The van der Waals surface area contributed by atoms with Crippen molar-refractivity contribution in [2.24, 2.45) is 0 Å². The summed E-state index contributed by atoms with van der Waals surface area (Å²) in [5.74, 6) is 0.530. The summed E-state index contributed by atoms with van der Waals surface area (Å²) in [6.45, 7) is 5.95. The van der Waals surface area contributed by atoms with Gasteiger partial charge in [0.1, 0.15) is 5.69 Å². The van der Waals surface area contributed by atoms with Crippen LogP contribution in [0.5, 0.6) is 0 Å². The van der Waals surface area contributed by atoms with Gasteiger partial charge in [-0.05, 0) is 32.9 Å². The molecule has 130 valence electrons. The average Bonchev–Trinajstić information content (AvgIpc) is 3.21. The predicted molar refractivity (Wildman–Crippen MR) is 96.6 cm³/mol. The molecule has 25 heavy (non-hydrogen) atoms. The van der Waals surface area contributed by atoms with E-state index in [4.69, 9.17) is 16.0 Å². The highest BCUT2D eigenvalue weighted by atomic mass is 35.5. The van der Waals surface area contributed by atoms with Crippen LogP contribution in [0.2, 0.25) is 5.02 Å². The van der Waals surface area contributed by atoms with Gasteiger partial charge in [0.05, 0.1) is 22.1 Å². The molecule has 0 saturated heterocycles. The molecule has 0 aliphatic rings. The quantitative estimate of drug-likeness (QED) is 0.667. The van der Waals surface area contributed by atoms with Crippen LogP contribution in [0.25, 0.3) is 11.5 Å². The first kappa shape index (κ1) is 17.6. The monoisotopic (exact) mass is 376 g/mol. The van der Waals surface area contributed by atoms with Gasteiger partial charge in [-0.15, -0.1) is 21.5 Å². The third-order valence-corrected chi connectivity index (χ3v) is 4.70. The number of halogens is 1. The van der Waals surface area contributed by atoms with E-state index in [1.807, 2.05) is 39.0 Å². The summed E-state index contributed by atoms with van der Waals surface area (Å²) in [5, 5.41) is 11.2. The van der Waals surface area contributed by atoms with E-state index < -0.39 is 0 Å². The van der Waals surface area contributed by atoms with E-state index in [0.717, 1.165) is 5.01 Å². The maximum atomic E-state index is 12.7. The maximum absolute atomic E-state index is 12.7. The van der Waals surface area contributed by atoms with Crippen molar-refractivity contribution < 1.29 is 9.21 Å². The van der Waals surface area contributed by atoms with Crippen molar-refractivity contribution in [3.8, 4) is 11.5 Å². The summed E-state index contributed by atoms with van der Waals surface area (Å²) >= 11 is 7.60. The molecule has 1 aromatic carbocycles. The number of amides is 1. The smallest absolute Gasteiger partial charge is 0.274 e. The third kappa shape index (κ3) is 3.88. The summed E-state index contributed by atoms with van der Waals surface area (Å²) in [7, 11) is 0. The summed E-state index contributed by atoms with van der Waals surface area (Å²) in [6.07, 6.45) is 0. The number of rotatable bonds is 5. The summed E-state index contributed by atoms with van der Waals surface area (Å²) < 4.78 is 5.70. The maximum Gasteiger partial charge on any atom is 0.274 e. The minimum absolute atomic E-state index is 0.0369. The Morgan fingerprint density at radius 2 is 2.08 bits per heavy atom. The molecule has 8 heteroatoms. The molecule has 0 bridgehead atoms. The molecule has 0 aliphatic heterocycles. The minimum Gasteiger partial charge on any atom is -0.419 e. The fraction of sp³-hybridized carbons (Fsp3) is 0.294. The minimum atomic E-state index is -0.156. The van der Waals surface area contributed by atoms with E-state index in [1.54, 1.807) is 16.3 Å². The Hall–Kier alpha value is -2.25. The van der Waals surface area contributed by atoms with E-state index in [9.17, 15) is 4.79 Å². The molecule has 1 amide bonds. The van der Waals surface area contributed by atoms with Gasteiger partial charge in [0.15, 0.2) is 0 Å². The first-order chi connectivity index (χ1) is 12.0. The Labute approximate surface area is 154 Å². The first-order valence-electron chi connectivity index (χ1n) is 7.76. The molecule has 3 aromatic rings. The fourth-order valence-electron chi connectivity index (χ4n) is 2.30. The molecule has 6 nitrogen and oxygen atoms in total. The van der Waals surface area contributed by atoms with Gasteiger partial charge in [0, 0.05) is 11.4 Å². The van der Waals surface area contributed by atoms with Gasteiger partial charge < -0.3 is 9.32 Å². The summed E-state index contributed by atoms with van der Waals surface area (Å²) in [6, 6.07) is 7.21. The number of benzene rings is 1. The van der Waals surface area contributed by atoms with Gasteiger partial charge in [0.2, 0.25) is 11.8 Å². The fourth-order valence-corrected chi connectivity index (χ4v) is 3.11. The Morgan fingerprint density at radius 1 is 1.32 bits per heavy atom. The number of aromatic nitrogens is 3. The lowest BCUT2D eigenvalue weighted by atomic mass is 10.2. The van der Waals surface area contributed by atoms with E-state index in [0.29, 0.717) is 28.1 Å². The van der Waals surface area contributed by atoms with Crippen molar-refractivity contribution >= 4 is 28.8 Å². The van der Waals surface area contributed by atoms with Crippen molar-refractivity contribution in [2.45, 2.75) is 33.4 Å². The predicted octanol–water partition coefficient (Wildman–Crippen LogP) is 4.21. The molecule has 0 fully saturated rings. The number of carbonyl (C=O) groups excluding carboxylic acids is 1. The van der Waals surface area contributed by atoms with Gasteiger partial charge in [-0.25, -0.2) is 4.98 Å². The lowest BCUT2D eigenvalue weighted by Crippen LogP contribution is -2.36. The van der Waals surface area contributed by atoms with Gasteiger partial charge in [-0.2, -0.15) is 0 Å². The molecule has 0 saturated carbocycles. The van der Waals surface area contributed by atoms with E-state index in [2.05, 4.69) is 15.2 Å². The second kappa shape index (κ2) is 7.33. The SMILES string of the molecule is Cc1nc(C(=O)N(Cc2nnc(-c3ccccc3Cl)o2)C(C)C)cs1. The Bertz CT molecular complexity index is 890. The zero-order chi connectivity index (χ0) is 18.0. The molecule has 0 aliphatic carbocycles. The Morgan fingerprint density at radius 3 is 2.72 bits per heavy atom. The van der Waals surface area contributed by atoms with E-state index in [-0.39, 0.29) is 18.5 Å². The van der Waals surface area contributed by atoms with E-state index >= 15 is 0 Å². The van der Waals surface area contributed by atoms with Crippen LogP contribution in [0.15, 0.2) is 34.1 Å². The average molecular weight is 377 g/mol. The number of hydrogen-bond acceptors (Lipinski definition) is 6. The van der Waals surface area contributed by atoms with Gasteiger partial charge in [-0.1, -0.05) is 23.7 Å². The summed E-state index contributed by atoms with van der Waals surface area (Å²) in [4.78, 5) is 18.6. The van der Waals surface area contributed by atoms with Crippen LogP contribution in [0.4, 0.5) is 0 Å². The third-order valence-electron chi connectivity index (χ3n) is 3.60. The molecule has 0 radical (unpaired) electrons. The lowest BCUT2D eigenvalue weighted by Gasteiger charge is -2.24. The van der Waals surface area contributed by atoms with Crippen molar-refractivity contribution in [1.29, 1.82) is 0 Å². The second-order valence-electron chi connectivity index (χ2n) is 5.76. The van der Waals surface area contributed by atoms with Crippen LogP contribution in [0.1, 0.15) is 35.2 Å². The van der Waals surface area contributed by atoms with Gasteiger partial charge in [-0.3, -0.25) is 4.79 Å². The number of aryl methyl sites for hydroxylation is 1. The van der Waals surface area contributed by atoms with Crippen molar-refractivity contribution in [3.05, 3.63) is 51.3 Å². The first-order valence-corrected chi connectivity index (χ1v) is 9.02. The molecule has 3 rings (SSSR count). The molecule has 2 heterocycles. The normalized spacial score (nSPS) is 11.1. The molecule has 0 atom stereocenters. The zero-order valence-electron chi connectivity index (χ0n) is 14.1. The van der Waals surface area contributed by atoms with Crippen molar-refractivity contribution in [2.75, 3.05) is 0 Å². The standard InChI is InChI=1S/C17H17ClN4O2S/c1-10(2)22(17(23)14-9-25-11(3)19-14)8-15-20-21-16(24-15)12-6-4-5-7-13(12)18/h4-7,9-10H,8H2,1-3H3. The highest BCUT2D eigenvalue weighted by Gasteiger charge is 2.24. The van der Waals surface area contributed by atoms with Crippen LogP contribution in [-0.2, 0) is 6.54 Å². The molecular formula is C17H17ClN4O2S. The van der Waals surface area contributed by atoms with Crippen molar-refractivity contribution in [1.82, 2.24) is 20.1 Å². The Balaban J connectivity index is 1.82. The molecule has 0 spiro atoms.